The summed E-state index contributed by atoms with van der Waals surface area (Å²) in [4.78, 5) is 0. The molecule has 0 amide bonds. The zero-order valence-electron chi connectivity index (χ0n) is 16.2. The number of hydrogen-bond donors (Lipinski definition) is 0. The first-order valence-electron chi connectivity index (χ1n) is 7.84. The van der Waals surface area contributed by atoms with E-state index in [1.54, 1.807) is 0 Å². The molecule has 0 nitrogen and oxygen atoms in total. The van der Waals surface area contributed by atoms with Crippen LogP contribution in [0.4, 0.5) is 0 Å². The second-order valence-corrected chi connectivity index (χ2v) is 11.0. The van der Waals surface area contributed by atoms with Crippen molar-refractivity contribution in [2.24, 2.45) is 0 Å². The molecule has 2 rings (SSSR count). The molecule has 0 spiro atoms. The molecule has 0 heterocycles. The van der Waals surface area contributed by atoms with Gasteiger partial charge in [0.15, 0.2) is 0 Å². The molecule has 0 atom stereocenters. The van der Waals surface area contributed by atoms with Crippen LogP contribution in [0.5, 0.6) is 0 Å². The van der Waals surface area contributed by atoms with Crippen molar-refractivity contribution in [2.75, 3.05) is 0 Å². The Labute approximate surface area is 163 Å². The van der Waals surface area contributed by atoms with E-state index in [1.165, 1.54) is 59.2 Å². The Hall–Kier alpha value is 1.32. The summed E-state index contributed by atoms with van der Waals surface area (Å²) < 4.78 is 0. The molecule has 0 N–H and O–H groups in total. The number of rotatable bonds is 0. The Bertz CT molecular complexity index is 203. The normalized spacial score (nSPS) is 25.4. The summed E-state index contributed by atoms with van der Waals surface area (Å²) in [5.74, 6) is 14.7. The van der Waals surface area contributed by atoms with Gasteiger partial charge in [0.05, 0.1) is 0 Å². The number of hydrogen-bond acceptors (Lipinski definition) is 0. The molecule has 0 bridgehead atoms. The molecule has 129 valence electrons. The van der Waals surface area contributed by atoms with Crippen molar-refractivity contribution in [2.45, 2.75) is 69.2 Å². The van der Waals surface area contributed by atoms with Gasteiger partial charge in [-0.25, -0.2) is 0 Å². The van der Waals surface area contributed by atoms with Gasteiger partial charge in [-0.2, -0.15) is 0 Å². The van der Waals surface area contributed by atoms with E-state index in [2.05, 4.69) is 69.2 Å². The standard InChI is InChI=1S/2C10H15.2ClH.Ta/c2*1-6-7(2)9(4)10(5)8(6)3;;;/h2*1-5H3;2*1H;/q;;;;+2/p-2. The van der Waals surface area contributed by atoms with Crippen LogP contribution >= 0.6 is 18.4 Å². The Morgan fingerprint density at radius 3 is 0.435 bits per heavy atom. The molecular weight excluding hydrogens is 492 g/mol. The van der Waals surface area contributed by atoms with E-state index >= 15 is 0 Å². The van der Waals surface area contributed by atoms with Crippen LogP contribution < -0.4 is 0 Å². The van der Waals surface area contributed by atoms with Crippen molar-refractivity contribution in [1.29, 1.82) is 0 Å². The average Bonchev–Trinajstić information content (AvgIpc) is 2.80. The Kier molecular flexibility index (Phi) is 11.8. The van der Waals surface area contributed by atoms with Gasteiger partial charge in [0, 0.05) is 0 Å². The predicted octanol–water partition coefficient (Wildman–Crippen LogP) is 7.32. The van der Waals surface area contributed by atoms with Crippen molar-refractivity contribution in [1.82, 2.24) is 0 Å². The molecule has 0 aliphatic heterocycles. The summed E-state index contributed by atoms with van der Waals surface area (Å²) in [6, 6.07) is 0. The summed E-state index contributed by atoms with van der Waals surface area (Å²) in [6.07, 6.45) is 0. The molecule has 10 radical (unpaired) electrons. The maximum absolute atomic E-state index is 4.94. The van der Waals surface area contributed by atoms with Gasteiger partial charge in [0.1, 0.15) is 0 Å². The van der Waals surface area contributed by atoms with Crippen molar-refractivity contribution in [3.05, 3.63) is 59.2 Å². The molecule has 23 heavy (non-hydrogen) atoms. The van der Waals surface area contributed by atoms with Gasteiger partial charge in [-0.15, -0.1) is 0 Å². The molecule has 0 unspecified atom stereocenters. The Balaban J connectivity index is 0.000000360. The van der Waals surface area contributed by atoms with Crippen LogP contribution in [0.1, 0.15) is 69.2 Å². The van der Waals surface area contributed by atoms with Gasteiger partial charge >= 0.3 is 36.0 Å². The van der Waals surface area contributed by atoms with E-state index in [-0.39, 0.29) is 0 Å². The zero-order valence-corrected chi connectivity index (χ0v) is 20.9. The molecule has 2 fully saturated rings. The molecular formula is C20H30Cl2Ta. The van der Waals surface area contributed by atoms with Crippen molar-refractivity contribution < 1.29 is 17.6 Å². The summed E-state index contributed by atoms with van der Waals surface area (Å²) in [7, 11) is 9.89. The SMILES string of the molecule is C[C]1[C](C)[C](C)[C](C)[C]1C.C[C]1[C](C)[C](C)[C](C)[C]1C.[Cl][Ta][Cl]. The van der Waals surface area contributed by atoms with Crippen molar-refractivity contribution in [3.63, 3.8) is 0 Å². The van der Waals surface area contributed by atoms with Crippen LogP contribution in [0.25, 0.3) is 0 Å². The monoisotopic (exact) mass is 521 g/mol. The first-order chi connectivity index (χ1) is 10.5. The topological polar surface area (TPSA) is 0 Å². The van der Waals surface area contributed by atoms with Crippen molar-refractivity contribution >= 4 is 18.4 Å². The summed E-state index contributed by atoms with van der Waals surface area (Å²) in [5.41, 5.74) is 0. The molecule has 0 aromatic rings. The van der Waals surface area contributed by atoms with E-state index < -0.39 is 17.6 Å². The third-order valence-corrected chi connectivity index (χ3v) is 5.62. The van der Waals surface area contributed by atoms with E-state index in [0.29, 0.717) is 0 Å². The molecule has 3 heteroatoms. The van der Waals surface area contributed by atoms with Crippen LogP contribution in [0.2, 0.25) is 0 Å². The van der Waals surface area contributed by atoms with Crippen molar-refractivity contribution in [3.8, 4) is 0 Å². The van der Waals surface area contributed by atoms with E-state index in [1.807, 2.05) is 0 Å². The van der Waals surface area contributed by atoms with E-state index in [0.717, 1.165) is 0 Å². The van der Waals surface area contributed by atoms with E-state index in [4.69, 9.17) is 18.4 Å². The van der Waals surface area contributed by atoms with E-state index in [9.17, 15) is 0 Å². The van der Waals surface area contributed by atoms with Gasteiger partial charge in [-0.3, -0.25) is 0 Å². The van der Waals surface area contributed by atoms with Crippen LogP contribution in [-0.4, -0.2) is 0 Å². The quantitative estimate of drug-likeness (QED) is 0.313. The molecule has 0 saturated heterocycles. The zero-order chi connectivity index (χ0) is 18.5. The fraction of sp³-hybridized carbons (Fsp3) is 0.500. The van der Waals surface area contributed by atoms with Gasteiger partial charge in [-0.05, 0) is 59.2 Å². The van der Waals surface area contributed by atoms with Gasteiger partial charge in [-0.1, -0.05) is 69.2 Å². The predicted molar refractivity (Wildman–Crippen MR) is 101 cm³/mol. The fourth-order valence-electron chi connectivity index (χ4n) is 2.81. The average molecular weight is 522 g/mol. The fourth-order valence-corrected chi connectivity index (χ4v) is 2.81. The third-order valence-electron chi connectivity index (χ3n) is 5.62. The third kappa shape index (κ3) is 6.21. The molecule has 0 aromatic carbocycles. The summed E-state index contributed by atoms with van der Waals surface area (Å²) in [5, 5.41) is 0. The molecule has 2 aliphatic rings. The minimum absolute atomic E-state index is 0.889. The first kappa shape index (κ1) is 24.3. The Morgan fingerprint density at radius 1 is 0.348 bits per heavy atom. The summed E-state index contributed by atoms with van der Waals surface area (Å²) in [6.45, 7) is 22.0. The maximum atomic E-state index is 4.94. The molecule has 2 saturated carbocycles. The first-order valence-corrected chi connectivity index (χ1v) is 15.8. The molecule has 0 aromatic heterocycles. The van der Waals surface area contributed by atoms with Gasteiger partial charge in [0.25, 0.3) is 0 Å². The van der Waals surface area contributed by atoms with Crippen LogP contribution in [0.15, 0.2) is 0 Å². The Morgan fingerprint density at radius 2 is 0.391 bits per heavy atom. The second-order valence-electron chi connectivity index (χ2n) is 6.31. The minimum atomic E-state index is -0.889. The van der Waals surface area contributed by atoms with Crippen LogP contribution in [0.3, 0.4) is 0 Å². The second kappa shape index (κ2) is 11.1. The van der Waals surface area contributed by atoms with Crippen LogP contribution in [-0.2, 0) is 17.6 Å². The number of halogens is 2. The van der Waals surface area contributed by atoms with Gasteiger partial charge in [0.2, 0.25) is 0 Å². The van der Waals surface area contributed by atoms with Gasteiger partial charge < -0.3 is 0 Å². The summed E-state index contributed by atoms with van der Waals surface area (Å²) >= 11 is -0.889. The van der Waals surface area contributed by atoms with Crippen LogP contribution in [0, 0.1) is 59.2 Å². The molecule has 2 aliphatic carbocycles.